The maximum atomic E-state index is 5.72. The fourth-order valence-electron chi connectivity index (χ4n) is 3.13. The van der Waals surface area contributed by atoms with Crippen LogP contribution in [0.25, 0.3) is 21.3 Å². The molecule has 5 heteroatoms. The summed E-state index contributed by atoms with van der Waals surface area (Å²) in [6.45, 7) is 6.21. The van der Waals surface area contributed by atoms with Crippen LogP contribution in [0.5, 0.6) is 5.75 Å². The Balaban J connectivity index is 1.68. The lowest BCUT2D eigenvalue weighted by Gasteiger charge is -2.12. The second-order valence-corrected chi connectivity index (χ2v) is 7.78. The van der Waals surface area contributed by atoms with Crippen molar-refractivity contribution >= 4 is 33.1 Å². The zero-order valence-corrected chi connectivity index (χ0v) is 17.1. The molecule has 0 radical (unpaired) electrons. The molecule has 0 aliphatic carbocycles. The number of nitrogens with one attached hydrogen (secondary N) is 1. The van der Waals surface area contributed by atoms with E-state index in [-0.39, 0.29) is 6.10 Å². The molecular weight excluding hydrogens is 366 g/mol. The summed E-state index contributed by atoms with van der Waals surface area (Å²) in [6.07, 6.45) is 2.81. The summed E-state index contributed by atoms with van der Waals surface area (Å²) in [5.74, 6) is 1.68. The van der Waals surface area contributed by atoms with Gasteiger partial charge in [-0.3, -0.25) is 0 Å². The standard InChI is InChI=1S/C23H23N3OS/c1-4-16-5-7-17(8-6-16)20-13-28-23-21(20)22(24-14-25-23)26-18-9-11-19(12-10-18)27-15(2)3/h5-15H,4H2,1-3H3,(H,24,25,26). The van der Waals surface area contributed by atoms with Gasteiger partial charge in [-0.2, -0.15) is 0 Å². The predicted octanol–water partition coefficient (Wildman–Crippen LogP) is 6.45. The fourth-order valence-corrected chi connectivity index (χ4v) is 4.04. The van der Waals surface area contributed by atoms with Crippen LogP contribution in [0.3, 0.4) is 0 Å². The lowest BCUT2D eigenvalue weighted by molar-refractivity contribution is 0.242. The second kappa shape index (κ2) is 7.98. The molecule has 2 aromatic heterocycles. The van der Waals surface area contributed by atoms with Gasteiger partial charge in [0.1, 0.15) is 22.7 Å². The first kappa shape index (κ1) is 18.4. The molecule has 4 rings (SSSR count). The van der Waals surface area contributed by atoms with Gasteiger partial charge in [-0.15, -0.1) is 11.3 Å². The number of rotatable bonds is 6. The van der Waals surface area contributed by atoms with Crippen LogP contribution >= 0.6 is 11.3 Å². The highest BCUT2D eigenvalue weighted by atomic mass is 32.1. The normalized spacial score (nSPS) is 11.1. The second-order valence-electron chi connectivity index (χ2n) is 6.92. The Kier molecular flexibility index (Phi) is 5.26. The number of anilines is 2. The average molecular weight is 390 g/mol. The number of ether oxygens (including phenoxy) is 1. The highest BCUT2D eigenvalue weighted by molar-refractivity contribution is 7.17. The van der Waals surface area contributed by atoms with Crippen molar-refractivity contribution in [1.29, 1.82) is 0 Å². The van der Waals surface area contributed by atoms with Gasteiger partial charge in [-0.1, -0.05) is 31.2 Å². The van der Waals surface area contributed by atoms with Crippen molar-refractivity contribution in [2.24, 2.45) is 0 Å². The van der Waals surface area contributed by atoms with Crippen LogP contribution in [-0.2, 0) is 6.42 Å². The molecule has 0 aliphatic rings. The van der Waals surface area contributed by atoms with Gasteiger partial charge >= 0.3 is 0 Å². The molecule has 2 heterocycles. The van der Waals surface area contributed by atoms with Gasteiger partial charge in [0, 0.05) is 16.6 Å². The molecular formula is C23H23N3OS. The molecule has 0 bridgehead atoms. The number of nitrogens with zero attached hydrogens (tertiary/aromatic N) is 2. The van der Waals surface area contributed by atoms with Crippen LogP contribution < -0.4 is 10.1 Å². The molecule has 0 fully saturated rings. The first-order valence-corrected chi connectivity index (χ1v) is 10.4. The first-order valence-electron chi connectivity index (χ1n) is 9.49. The smallest absolute Gasteiger partial charge is 0.143 e. The number of benzene rings is 2. The Hall–Kier alpha value is -2.92. The predicted molar refractivity (Wildman–Crippen MR) is 118 cm³/mol. The van der Waals surface area contributed by atoms with Crippen molar-refractivity contribution in [3.05, 3.63) is 65.8 Å². The molecule has 0 saturated heterocycles. The lowest BCUT2D eigenvalue weighted by atomic mass is 10.0. The molecule has 1 N–H and O–H groups in total. The van der Waals surface area contributed by atoms with Crippen LogP contribution in [-0.4, -0.2) is 16.1 Å². The van der Waals surface area contributed by atoms with Crippen molar-refractivity contribution in [2.75, 3.05) is 5.32 Å². The van der Waals surface area contributed by atoms with Crippen LogP contribution in [0.15, 0.2) is 60.2 Å². The highest BCUT2D eigenvalue weighted by Crippen LogP contribution is 2.37. The van der Waals surface area contributed by atoms with Crippen LogP contribution in [0, 0.1) is 0 Å². The summed E-state index contributed by atoms with van der Waals surface area (Å²) in [4.78, 5) is 9.95. The summed E-state index contributed by atoms with van der Waals surface area (Å²) in [7, 11) is 0. The van der Waals surface area contributed by atoms with E-state index >= 15 is 0 Å². The molecule has 0 unspecified atom stereocenters. The minimum absolute atomic E-state index is 0.160. The van der Waals surface area contributed by atoms with Crippen LogP contribution in [0.4, 0.5) is 11.5 Å². The summed E-state index contributed by atoms with van der Waals surface area (Å²) >= 11 is 1.64. The highest BCUT2D eigenvalue weighted by Gasteiger charge is 2.13. The summed E-state index contributed by atoms with van der Waals surface area (Å²) in [6, 6.07) is 16.7. The Morgan fingerprint density at radius 1 is 1.00 bits per heavy atom. The third-order valence-electron chi connectivity index (χ3n) is 4.53. The topological polar surface area (TPSA) is 47.0 Å². The van der Waals surface area contributed by atoms with Gasteiger partial charge in [0.25, 0.3) is 0 Å². The lowest BCUT2D eigenvalue weighted by Crippen LogP contribution is -2.05. The maximum Gasteiger partial charge on any atom is 0.143 e. The quantitative estimate of drug-likeness (QED) is 0.411. The van der Waals surface area contributed by atoms with Crippen molar-refractivity contribution in [2.45, 2.75) is 33.3 Å². The number of hydrogen-bond donors (Lipinski definition) is 1. The third kappa shape index (κ3) is 3.85. The minimum atomic E-state index is 0.160. The van der Waals surface area contributed by atoms with Crippen LogP contribution in [0.2, 0.25) is 0 Å². The Morgan fingerprint density at radius 2 is 1.75 bits per heavy atom. The van der Waals surface area contributed by atoms with E-state index in [9.17, 15) is 0 Å². The van der Waals surface area contributed by atoms with Crippen LogP contribution in [0.1, 0.15) is 26.3 Å². The van der Waals surface area contributed by atoms with E-state index < -0.39 is 0 Å². The molecule has 28 heavy (non-hydrogen) atoms. The van der Waals surface area contributed by atoms with Crippen molar-refractivity contribution in [1.82, 2.24) is 9.97 Å². The van der Waals surface area contributed by atoms with Crippen molar-refractivity contribution in [3.8, 4) is 16.9 Å². The number of thiophene rings is 1. The minimum Gasteiger partial charge on any atom is -0.491 e. The summed E-state index contributed by atoms with van der Waals surface area (Å²) in [5.41, 5.74) is 4.64. The van der Waals surface area contributed by atoms with Gasteiger partial charge in [-0.05, 0) is 55.7 Å². The Bertz CT molecular complexity index is 1070. The Labute approximate surface area is 169 Å². The number of aromatic nitrogens is 2. The first-order chi connectivity index (χ1) is 13.6. The summed E-state index contributed by atoms with van der Waals surface area (Å²) in [5, 5.41) is 6.66. The molecule has 0 aliphatic heterocycles. The Morgan fingerprint density at radius 3 is 2.43 bits per heavy atom. The molecule has 0 saturated carbocycles. The zero-order valence-electron chi connectivity index (χ0n) is 16.3. The number of aryl methyl sites for hydroxylation is 1. The average Bonchev–Trinajstić information content (AvgIpc) is 3.14. The maximum absolute atomic E-state index is 5.72. The molecule has 0 amide bonds. The van der Waals surface area contributed by atoms with Crippen molar-refractivity contribution in [3.63, 3.8) is 0 Å². The van der Waals surface area contributed by atoms with Gasteiger partial charge < -0.3 is 10.1 Å². The molecule has 0 spiro atoms. The monoisotopic (exact) mass is 389 g/mol. The van der Waals surface area contributed by atoms with Gasteiger partial charge in [-0.25, -0.2) is 9.97 Å². The van der Waals surface area contributed by atoms with Gasteiger partial charge in [0.05, 0.1) is 11.5 Å². The van der Waals surface area contributed by atoms with E-state index in [1.54, 1.807) is 17.7 Å². The van der Waals surface area contributed by atoms with Gasteiger partial charge in [0.15, 0.2) is 0 Å². The van der Waals surface area contributed by atoms with Gasteiger partial charge in [0.2, 0.25) is 0 Å². The molecule has 4 nitrogen and oxygen atoms in total. The van der Waals surface area contributed by atoms with E-state index in [4.69, 9.17) is 4.74 Å². The SMILES string of the molecule is CCc1ccc(-c2csc3ncnc(Nc4ccc(OC(C)C)cc4)c23)cc1. The third-order valence-corrected chi connectivity index (χ3v) is 5.42. The number of hydrogen-bond acceptors (Lipinski definition) is 5. The summed E-state index contributed by atoms with van der Waals surface area (Å²) < 4.78 is 5.72. The molecule has 0 atom stereocenters. The van der Waals surface area contributed by atoms with E-state index in [1.165, 1.54) is 11.1 Å². The zero-order chi connectivity index (χ0) is 19.5. The fraction of sp³-hybridized carbons (Fsp3) is 0.217. The van der Waals surface area contributed by atoms with E-state index in [2.05, 4.69) is 51.9 Å². The number of fused-ring (bicyclic) bond motifs is 1. The van der Waals surface area contributed by atoms with E-state index in [0.717, 1.165) is 39.5 Å². The van der Waals surface area contributed by atoms with Crippen molar-refractivity contribution < 1.29 is 4.74 Å². The van der Waals surface area contributed by atoms with E-state index in [1.807, 2.05) is 38.1 Å². The van der Waals surface area contributed by atoms with E-state index in [0.29, 0.717) is 0 Å². The molecule has 2 aromatic carbocycles. The largest absolute Gasteiger partial charge is 0.491 e. The molecule has 142 valence electrons. The molecule has 4 aromatic rings.